The van der Waals surface area contributed by atoms with E-state index >= 15 is 0 Å². The fraction of sp³-hybridized carbons (Fsp3) is 0.316. The Morgan fingerprint density at radius 3 is 2.28 bits per heavy atom. The normalized spacial score (nSPS) is 11.9. The standard InChI is InChI=1S/C19H24FN3O2/c1-23(2)18(15-6-10-17(25-3)11-7-15)13-22-19(24)21-12-14-4-8-16(20)9-5-14/h4-11,18H,12-13H2,1-3H3,(H2,21,22,24). The number of benzene rings is 2. The van der Waals surface area contributed by atoms with Gasteiger partial charge in [-0.25, -0.2) is 9.18 Å². The minimum atomic E-state index is -0.290. The lowest BCUT2D eigenvalue weighted by atomic mass is 10.1. The van der Waals surface area contributed by atoms with Crippen LogP contribution < -0.4 is 15.4 Å². The van der Waals surface area contributed by atoms with Crippen molar-refractivity contribution in [3.63, 3.8) is 0 Å². The molecule has 2 aromatic rings. The van der Waals surface area contributed by atoms with E-state index in [4.69, 9.17) is 4.74 Å². The molecule has 1 atom stereocenters. The topological polar surface area (TPSA) is 53.6 Å². The van der Waals surface area contributed by atoms with Crippen LogP contribution in [0, 0.1) is 5.82 Å². The third-order valence-corrected chi connectivity index (χ3v) is 3.95. The summed E-state index contributed by atoms with van der Waals surface area (Å²) in [6.45, 7) is 0.815. The second-order valence-electron chi connectivity index (χ2n) is 5.94. The molecule has 2 aromatic carbocycles. The van der Waals surface area contributed by atoms with E-state index in [1.54, 1.807) is 19.2 Å². The van der Waals surface area contributed by atoms with Crippen LogP contribution in [0.2, 0.25) is 0 Å². The predicted molar refractivity (Wildman–Crippen MR) is 96.1 cm³/mol. The number of methoxy groups -OCH3 is 1. The average Bonchev–Trinajstić information content (AvgIpc) is 2.61. The van der Waals surface area contributed by atoms with E-state index in [0.29, 0.717) is 13.1 Å². The summed E-state index contributed by atoms with van der Waals surface area (Å²) >= 11 is 0. The number of carbonyl (C=O) groups excluding carboxylic acids is 1. The van der Waals surface area contributed by atoms with Crippen molar-refractivity contribution >= 4 is 6.03 Å². The van der Waals surface area contributed by atoms with Crippen LogP contribution in [-0.2, 0) is 6.54 Å². The number of amides is 2. The van der Waals surface area contributed by atoms with E-state index in [-0.39, 0.29) is 17.9 Å². The number of nitrogens with one attached hydrogen (secondary N) is 2. The molecule has 0 aliphatic heterocycles. The Morgan fingerprint density at radius 1 is 1.08 bits per heavy atom. The number of rotatable bonds is 7. The number of hydrogen-bond donors (Lipinski definition) is 2. The van der Waals surface area contributed by atoms with E-state index in [1.807, 2.05) is 43.3 Å². The van der Waals surface area contributed by atoms with Gasteiger partial charge in [0.25, 0.3) is 0 Å². The first kappa shape index (κ1) is 18.7. The molecule has 25 heavy (non-hydrogen) atoms. The maximum Gasteiger partial charge on any atom is 0.315 e. The Labute approximate surface area is 147 Å². The molecule has 0 aromatic heterocycles. The van der Waals surface area contributed by atoms with E-state index in [1.165, 1.54) is 12.1 Å². The van der Waals surface area contributed by atoms with Gasteiger partial charge in [-0.15, -0.1) is 0 Å². The first-order valence-electron chi connectivity index (χ1n) is 8.06. The molecule has 0 aliphatic carbocycles. The Morgan fingerprint density at radius 2 is 1.72 bits per heavy atom. The number of nitrogens with zero attached hydrogens (tertiary/aromatic N) is 1. The molecule has 0 aliphatic rings. The molecule has 2 N–H and O–H groups in total. The zero-order chi connectivity index (χ0) is 18.2. The van der Waals surface area contributed by atoms with Crippen molar-refractivity contribution < 1.29 is 13.9 Å². The number of likely N-dealkylation sites (N-methyl/N-ethyl adjacent to an activating group) is 1. The molecule has 0 radical (unpaired) electrons. The van der Waals surface area contributed by atoms with Gasteiger partial charge in [0.1, 0.15) is 11.6 Å². The highest BCUT2D eigenvalue weighted by molar-refractivity contribution is 5.73. The largest absolute Gasteiger partial charge is 0.497 e. The van der Waals surface area contributed by atoms with Crippen LogP contribution in [0.15, 0.2) is 48.5 Å². The van der Waals surface area contributed by atoms with Crippen molar-refractivity contribution in [3.8, 4) is 5.75 Å². The van der Waals surface area contributed by atoms with Gasteiger partial charge in [0, 0.05) is 13.1 Å². The average molecular weight is 345 g/mol. The summed E-state index contributed by atoms with van der Waals surface area (Å²) in [4.78, 5) is 14.1. The number of hydrogen-bond acceptors (Lipinski definition) is 3. The van der Waals surface area contributed by atoms with Crippen molar-refractivity contribution in [2.75, 3.05) is 27.7 Å². The van der Waals surface area contributed by atoms with Crippen LogP contribution in [0.4, 0.5) is 9.18 Å². The highest BCUT2D eigenvalue weighted by Crippen LogP contribution is 2.20. The number of urea groups is 1. The molecule has 134 valence electrons. The Balaban J connectivity index is 1.87. The molecule has 2 amide bonds. The summed E-state index contributed by atoms with van der Waals surface area (Å²) in [5, 5.41) is 5.65. The lowest BCUT2D eigenvalue weighted by Gasteiger charge is -2.25. The van der Waals surface area contributed by atoms with Gasteiger partial charge < -0.3 is 20.3 Å². The molecule has 0 saturated carbocycles. The molecule has 0 spiro atoms. The minimum absolute atomic E-state index is 0.0440. The Kier molecular flexibility index (Phi) is 6.77. The molecule has 0 heterocycles. The monoisotopic (exact) mass is 345 g/mol. The smallest absolute Gasteiger partial charge is 0.315 e. The zero-order valence-corrected chi connectivity index (χ0v) is 14.8. The fourth-order valence-corrected chi connectivity index (χ4v) is 2.46. The molecule has 0 fully saturated rings. The summed E-state index contributed by atoms with van der Waals surface area (Å²) in [6, 6.07) is 13.6. The summed E-state index contributed by atoms with van der Waals surface area (Å²) in [5.41, 5.74) is 1.93. The lowest BCUT2D eigenvalue weighted by Crippen LogP contribution is -2.40. The molecule has 1 unspecified atom stereocenters. The molecular formula is C19H24FN3O2. The van der Waals surface area contributed by atoms with E-state index in [0.717, 1.165) is 16.9 Å². The minimum Gasteiger partial charge on any atom is -0.497 e. The maximum absolute atomic E-state index is 12.9. The van der Waals surface area contributed by atoms with Crippen molar-refractivity contribution in [1.29, 1.82) is 0 Å². The Bertz CT molecular complexity index is 672. The Hall–Kier alpha value is -2.60. The summed E-state index contributed by atoms with van der Waals surface area (Å²) in [7, 11) is 5.56. The molecule has 5 nitrogen and oxygen atoms in total. The quantitative estimate of drug-likeness (QED) is 0.811. The van der Waals surface area contributed by atoms with Crippen LogP contribution in [0.25, 0.3) is 0 Å². The van der Waals surface area contributed by atoms with E-state index < -0.39 is 0 Å². The third kappa shape index (κ3) is 5.76. The summed E-state index contributed by atoms with van der Waals surface area (Å²) in [6.07, 6.45) is 0. The molecule has 0 bridgehead atoms. The zero-order valence-electron chi connectivity index (χ0n) is 14.8. The van der Waals surface area contributed by atoms with Gasteiger partial charge >= 0.3 is 6.03 Å². The van der Waals surface area contributed by atoms with Gasteiger partial charge in [0.2, 0.25) is 0 Å². The van der Waals surface area contributed by atoms with Crippen LogP contribution in [0.5, 0.6) is 5.75 Å². The van der Waals surface area contributed by atoms with Crippen molar-refractivity contribution in [2.45, 2.75) is 12.6 Å². The first-order valence-corrected chi connectivity index (χ1v) is 8.06. The lowest BCUT2D eigenvalue weighted by molar-refractivity contribution is 0.232. The second-order valence-corrected chi connectivity index (χ2v) is 5.94. The number of ether oxygens (including phenoxy) is 1. The van der Waals surface area contributed by atoms with Crippen LogP contribution in [-0.4, -0.2) is 38.7 Å². The van der Waals surface area contributed by atoms with Gasteiger partial charge in [-0.05, 0) is 49.5 Å². The second kappa shape index (κ2) is 9.03. The van der Waals surface area contributed by atoms with Crippen molar-refractivity contribution in [3.05, 3.63) is 65.5 Å². The molecule has 2 rings (SSSR count). The predicted octanol–water partition coefficient (Wildman–Crippen LogP) is 2.94. The van der Waals surface area contributed by atoms with Gasteiger partial charge in [-0.2, -0.15) is 0 Å². The molecule has 0 saturated heterocycles. The SMILES string of the molecule is COc1ccc(C(CNC(=O)NCc2ccc(F)cc2)N(C)C)cc1. The van der Waals surface area contributed by atoms with Gasteiger partial charge in [0.15, 0.2) is 0 Å². The number of halogens is 1. The molecule has 6 heteroatoms. The van der Waals surface area contributed by atoms with Gasteiger partial charge in [-0.1, -0.05) is 24.3 Å². The highest BCUT2D eigenvalue weighted by atomic mass is 19.1. The summed E-state index contributed by atoms with van der Waals surface area (Å²) < 4.78 is 18.0. The van der Waals surface area contributed by atoms with Gasteiger partial charge in [-0.3, -0.25) is 0 Å². The third-order valence-electron chi connectivity index (χ3n) is 3.95. The molecular weight excluding hydrogens is 321 g/mol. The van der Waals surface area contributed by atoms with Crippen LogP contribution in [0.3, 0.4) is 0 Å². The highest BCUT2D eigenvalue weighted by Gasteiger charge is 2.15. The summed E-state index contributed by atoms with van der Waals surface area (Å²) in [5.74, 6) is 0.507. The van der Waals surface area contributed by atoms with Crippen LogP contribution >= 0.6 is 0 Å². The van der Waals surface area contributed by atoms with Gasteiger partial charge in [0.05, 0.1) is 13.2 Å². The number of carbonyl (C=O) groups is 1. The first-order chi connectivity index (χ1) is 12.0. The van der Waals surface area contributed by atoms with Crippen molar-refractivity contribution in [2.24, 2.45) is 0 Å². The van der Waals surface area contributed by atoms with Crippen LogP contribution in [0.1, 0.15) is 17.2 Å². The maximum atomic E-state index is 12.9. The fourth-order valence-electron chi connectivity index (χ4n) is 2.46. The van der Waals surface area contributed by atoms with Crippen molar-refractivity contribution in [1.82, 2.24) is 15.5 Å². The van der Waals surface area contributed by atoms with E-state index in [9.17, 15) is 9.18 Å². The van der Waals surface area contributed by atoms with E-state index in [2.05, 4.69) is 10.6 Å².